The Morgan fingerprint density at radius 3 is 2.29 bits per heavy atom. The summed E-state index contributed by atoms with van der Waals surface area (Å²) >= 11 is 0. The summed E-state index contributed by atoms with van der Waals surface area (Å²) < 4.78 is 29.9. The van der Waals surface area contributed by atoms with Gasteiger partial charge in [-0.3, -0.25) is 4.79 Å². The Labute approximate surface area is 99.6 Å². The Bertz CT molecular complexity index is 420. The molecule has 0 aliphatic heterocycles. The second-order valence-electron chi connectivity index (χ2n) is 4.83. The summed E-state index contributed by atoms with van der Waals surface area (Å²) in [6.07, 6.45) is -2.98. The summed E-state index contributed by atoms with van der Waals surface area (Å²) in [7, 11) is 1.51. The summed E-state index contributed by atoms with van der Waals surface area (Å²) in [4.78, 5) is 11.2. The largest absolute Gasteiger partial charge is 0.496 e. The molecule has 1 rings (SSSR count). The minimum atomic E-state index is -2.98. The summed E-state index contributed by atoms with van der Waals surface area (Å²) in [5, 5.41) is 0. The number of hydrogen-bond donors (Lipinski definition) is 0. The third-order valence-electron chi connectivity index (χ3n) is 2.49. The van der Waals surface area contributed by atoms with Crippen molar-refractivity contribution in [3.05, 3.63) is 29.3 Å². The van der Waals surface area contributed by atoms with E-state index in [2.05, 4.69) is 0 Å². The maximum atomic E-state index is 12.3. The van der Waals surface area contributed by atoms with Crippen molar-refractivity contribution < 1.29 is 18.3 Å². The van der Waals surface area contributed by atoms with Crippen LogP contribution in [0, 0.1) is 0 Å². The molecule has 17 heavy (non-hydrogen) atoms. The number of benzene rings is 1. The van der Waals surface area contributed by atoms with Crippen molar-refractivity contribution in [2.75, 3.05) is 7.11 Å². The van der Waals surface area contributed by atoms with Crippen molar-refractivity contribution >= 4 is 5.78 Å². The van der Waals surface area contributed by atoms with Crippen LogP contribution in [0.3, 0.4) is 0 Å². The van der Waals surface area contributed by atoms with E-state index in [0.29, 0.717) is 5.75 Å². The molecule has 0 saturated carbocycles. The number of Topliss-reactive ketones (excluding diaryl/α,β-unsaturated/α-hetero) is 1. The standard InChI is InChI=1S/C13H16F2O2/c1-13(2,3)9-7-8(11(16)12(14)15)5-6-10(9)17-4/h5-7,12H,1-4H3. The molecule has 0 aliphatic rings. The Kier molecular flexibility index (Phi) is 3.86. The summed E-state index contributed by atoms with van der Waals surface area (Å²) in [6, 6.07) is 4.39. The van der Waals surface area contributed by atoms with Gasteiger partial charge in [-0.15, -0.1) is 0 Å². The van der Waals surface area contributed by atoms with E-state index in [1.54, 1.807) is 6.07 Å². The number of hydrogen-bond acceptors (Lipinski definition) is 2. The molecule has 1 aromatic rings. The van der Waals surface area contributed by atoms with Gasteiger partial charge in [0, 0.05) is 11.1 Å². The molecule has 2 nitrogen and oxygen atoms in total. The topological polar surface area (TPSA) is 26.3 Å². The average molecular weight is 242 g/mol. The zero-order chi connectivity index (χ0) is 13.2. The third-order valence-corrected chi connectivity index (χ3v) is 2.49. The predicted octanol–water partition coefficient (Wildman–Crippen LogP) is 3.44. The molecule has 0 amide bonds. The van der Waals surface area contributed by atoms with Crippen molar-refractivity contribution in [3.8, 4) is 5.75 Å². The minimum absolute atomic E-state index is 0.0192. The first-order chi connectivity index (χ1) is 7.77. The fourth-order valence-corrected chi connectivity index (χ4v) is 1.57. The lowest BCUT2D eigenvalue weighted by Crippen LogP contribution is -2.16. The molecule has 0 fully saturated rings. The van der Waals surface area contributed by atoms with Crippen LogP contribution in [-0.4, -0.2) is 19.3 Å². The summed E-state index contributed by atoms with van der Waals surface area (Å²) in [5.74, 6) is -0.554. The number of carbonyl (C=O) groups is 1. The van der Waals surface area contributed by atoms with Gasteiger partial charge in [-0.05, 0) is 23.6 Å². The third kappa shape index (κ3) is 3.02. The van der Waals surface area contributed by atoms with Crippen molar-refractivity contribution in [2.45, 2.75) is 32.6 Å². The average Bonchev–Trinajstić information content (AvgIpc) is 2.25. The molecule has 94 valence electrons. The molecule has 0 aliphatic carbocycles. The smallest absolute Gasteiger partial charge is 0.300 e. The molecule has 0 unspecified atom stereocenters. The van der Waals surface area contributed by atoms with E-state index in [1.165, 1.54) is 19.2 Å². The molecule has 0 saturated heterocycles. The highest BCUT2D eigenvalue weighted by Gasteiger charge is 2.23. The van der Waals surface area contributed by atoms with Crippen molar-refractivity contribution in [1.29, 1.82) is 0 Å². The minimum Gasteiger partial charge on any atom is -0.496 e. The zero-order valence-electron chi connectivity index (χ0n) is 10.4. The van der Waals surface area contributed by atoms with Gasteiger partial charge in [-0.1, -0.05) is 20.8 Å². The van der Waals surface area contributed by atoms with Crippen LogP contribution in [0.4, 0.5) is 8.78 Å². The van der Waals surface area contributed by atoms with E-state index in [-0.39, 0.29) is 11.0 Å². The van der Waals surface area contributed by atoms with E-state index < -0.39 is 12.2 Å². The van der Waals surface area contributed by atoms with Gasteiger partial charge in [0.1, 0.15) is 5.75 Å². The fourth-order valence-electron chi connectivity index (χ4n) is 1.57. The van der Waals surface area contributed by atoms with Crippen LogP contribution in [0.25, 0.3) is 0 Å². The van der Waals surface area contributed by atoms with Crippen molar-refractivity contribution in [2.24, 2.45) is 0 Å². The molecule has 0 N–H and O–H groups in total. The SMILES string of the molecule is COc1ccc(C(=O)C(F)F)cc1C(C)(C)C. The maximum absolute atomic E-state index is 12.3. The van der Waals surface area contributed by atoms with Gasteiger partial charge in [-0.2, -0.15) is 0 Å². The van der Waals surface area contributed by atoms with Crippen molar-refractivity contribution in [1.82, 2.24) is 0 Å². The van der Waals surface area contributed by atoms with Gasteiger partial charge in [0.05, 0.1) is 7.11 Å². The lowest BCUT2D eigenvalue weighted by molar-refractivity contribution is 0.0678. The normalized spacial score (nSPS) is 11.7. The van der Waals surface area contributed by atoms with Crippen LogP contribution in [0.5, 0.6) is 5.75 Å². The number of halogens is 2. The first-order valence-electron chi connectivity index (χ1n) is 5.28. The van der Waals surface area contributed by atoms with Crippen LogP contribution < -0.4 is 4.74 Å². The molecule has 0 atom stereocenters. The van der Waals surface area contributed by atoms with Crippen LogP contribution in [0.1, 0.15) is 36.7 Å². The highest BCUT2D eigenvalue weighted by atomic mass is 19.3. The molecular formula is C13H16F2O2. The Morgan fingerprint density at radius 2 is 1.88 bits per heavy atom. The Hall–Kier alpha value is -1.45. The van der Waals surface area contributed by atoms with Gasteiger partial charge in [0.25, 0.3) is 0 Å². The highest BCUT2D eigenvalue weighted by molar-refractivity contribution is 5.98. The van der Waals surface area contributed by atoms with Crippen LogP contribution in [-0.2, 0) is 5.41 Å². The number of carbonyl (C=O) groups excluding carboxylic acids is 1. The van der Waals surface area contributed by atoms with E-state index >= 15 is 0 Å². The van der Waals surface area contributed by atoms with Gasteiger partial charge in [0.2, 0.25) is 5.78 Å². The van der Waals surface area contributed by atoms with E-state index in [9.17, 15) is 13.6 Å². The predicted molar refractivity (Wildman–Crippen MR) is 62.0 cm³/mol. The van der Waals surface area contributed by atoms with Crippen LogP contribution >= 0.6 is 0 Å². The molecule has 4 heteroatoms. The molecule has 0 aromatic heterocycles. The molecule has 0 heterocycles. The molecule has 0 radical (unpaired) electrons. The second-order valence-corrected chi connectivity index (χ2v) is 4.83. The second kappa shape index (κ2) is 4.82. The quantitative estimate of drug-likeness (QED) is 0.759. The first-order valence-corrected chi connectivity index (χ1v) is 5.28. The fraction of sp³-hybridized carbons (Fsp3) is 0.462. The first kappa shape index (κ1) is 13.6. The Balaban J connectivity index is 3.28. The summed E-state index contributed by atoms with van der Waals surface area (Å²) in [6.45, 7) is 5.80. The van der Waals surface area contributed by atoms with Gasteiger partial charge in [-0.25, -0.2) is 8.78 Å². The lowest BCUT2D eigenvalue weighted by atomic mass is 9.85. The highest BCUT2D eigenvalue weighted by Crippen LogP contribution is 2.32. The molecule has 0 bridgehead atoms. The summed E-state index contributed by atoms with van der Waals surface area (Å²) in [5.41, 5.74) is 0.487. The molecular weight excluding hydrogens is 226 g/mol. The molecule has 1 aromatic carbocycles. The Morgan fingerprint density at radius 1 is 1.29 bits per heavy atom. The number of ether oxygens (including phenoxy) is 1. The zero-order valence-corrected chi connectivity index (χ0v) is 10.4. The van der Waals surface area contributed by atoms with Gasteiger partial charge >= 0.3 is 6.43 Å². The van der Waals surface area contributed by atoms with Gasteiger partial charge in [0.15, 0.2) is 0 Å². The maximum Gasteiger partial charge on any atom is 0.300 e. The number of methoxy groups -OCH3 is 1. The molecule has 0 spiro atoms. The van der Waals surface area contributed by atoms with Crippen LogP contribution in [0.15, 0.2) is 18.2 Å². The van der Waals surface area contributed by atoms with E-state index in [0.717, 1.165) is 5.56 Å². The van der Waals surface area contributed by atoms with Crippen LogP contribution in [0.2, 0.25) is 0 Å². The van der Waals surface area contributed by atoms with Gasteiger partial charge < -0.3 is 4.74 Å². The van der Waals surface area contributed by atoms with E-state index in [1.807, 2.05) is 20.8 Å². The van der Waals surface area contributed by atoms with E-state index in [4.69, 9.17) is 4.74 Å². The number of alkyl halides is 2. The van der Waals surface area contributed by atoms with Crippen molar-refractivity contribution in [3.63, 3.8) is 0 Å². The number of rotatable bonds is 3. The monoisotopic (exact) mass is 242 g/mol. The number of ketones is 1. The lowest BCUT2D eigenvalue weighted by Gasteiger charge is -2.22.